The van der Waals surface area contributed by atoms with Crippen LogP contribution in [0, 0.1) is 11.3 Å². The van der Waals surface area contributed by atoms with Crippen molar-refractivity contribution in [2.45, 2.75) is 0 Å². The summed E-state index contributed by atoms with van der Waals surface area (Å²) in [5, 5.41) is 17.7. The van der Waals surface area contributed by atoms with E-state index in [0.29, 0.717) is 5.56 Å². The Morgan fingerprint density at radius 3 is 2.79 bits per heavy atom. The van der Waals surface area contributed by atoms with Gasteiger partial charge in [-0.2, -0.15) is 5.26 Å². The number of carbonyl (C=O) groups excluding carboxylic acids is 1. The highest BCUT2D eigenvalue weighted by Crippen LogP contribution is 2.13. The molecule has 0 aliphatic heterocycles. The average Bonchev–Trinajstić information content (AvgIpc) is 2.14. The highest BCUT2D eigenvalue weighted by atomic mass is 16.3. The Labute approximate surface area is 80.9 Å². The van der Waals surface area contributed by atoms with Crippen LogP contribution in [0.3, 0.4) is 0 Å². The molecule has 1 aromatic carbocycles. The van der Waals surface area contributed by atoms with Crippen molar-refractivity contribution < 1.29 is 9.90 Å². The molecule has 0 bridgehead atoms. The number of carbonyl (C=O) groups is 1. The molecule has 0 heterocycles. The fourth-order valence-corrected chi connectivity index (χ4v) is 0.940. The van der Waals surface area contributed by atoms with Crippen molar-refractivity contribution in [3.05, 3.63) is 35.4 Å². The zero-order valence-electron chi connectivity index (χ0n) is 7.27. The molecular formula is C10H8N2O2. The Bertz CT molecular complexity index is 430. The maximum Gasteiger partial charge on any atom is 0.259 e. The normalized spacial score (nSPS) is 10.6. The van der Waals surface area contributed by atoms with Gasteiger partial charge in [0.25, 0.3) is 5.91 Å². The average molecular weight is 188 g/mol. The molecule has 0 unspecified atom stereocenters. The van der Waals surface area contributed by atoms with E-state index >= 15 is 0 Å². The molecule has 0 aromatic heterocycles. The second-order valence-electron chi connectivity index (χ2n) is 2.63. The molecule has 0 fully saturated rings. The molecule has 0 aliphatic rings. The zero-order chi connectivity index (χ0) is 10.6. The molecule has 14 heavy (non-hydrogen) atoms. The molecule has 3 N–H and O–H groups in total. The van der Waals surface area contributed by atoms with Gasteiger partial charge in [-0.05, 0) is 23.8 Å². The third-order valence-corrected chi connectivity index (χ3v) is 1.57. The van der Waals surface area contributed by atoms with Gasteiger partial charge in [-0.1, -0.05) is 12.1 Å². The summed E-state index contributed by atoms with van der Waals surface area (Å²) in [6.45, 7) is 0. The van der Waals surface area contributed by atoms with E-state index in [0.717, 1.165) is 0 Å². The van der Waals surface area contributed by atoms with Gasteiger partial charge in [0.1, 0.15) is 17.4 Å². The maximum atomic E-state index is 10.7. The summed E-state index contributed by atoms with van der Waals surface area (Å²) in [5.41, 5.74) is 5.35. The number of primary amides is 1. The largest absolute Gasteiger partial charge is 0.508 e. The monoisotopic (exact) mass is 188 g/mol. The first-order valence-electron chi connectivity index (χ1n) is 3.84. The third kappa shape index (κ3) is 2.35. The Kier molecular flexibility index (Phi) is 2.87. The van der Waals surface area contributed by atoms with E-state index < -0.39 is 5.91 Å². The van der Waals surface area contributed by atoms with Crippen LogP contribution in [0.5, 0.6) is 5.75 Å². The minimum Gasteiger partial charge on any atom is -0.508 e. The van der Waals surface area contributed by atoms with E-state index in [4.69, 9.17) is 16.1 Å². The molecule has 1 amide bonds. The predicted octanol–water partition coefficient (Wildman–Crippen LogP) is 0.784. The minimum atomic E-state index is -0.782. The predicted molar refractivity (Wildman–Crippen MR) is 50.9 cm³/mol. The number of hydrogen-bond donors (Lipinski definition) is 2. The van der Waals surface area contributed by atoms with Crippen LogP contribution < -0.4 is 5.73 Å². The molecule has 4 heteroatoms. The van der Waals surface area contributed by atoms with Crippen molar-refractivity contribution in [3.63, 3.8) is 0 Å². The van der Waals surface area contributed by atoms with Gasteiger partial charge in [-0.15, -0.1) is 0 Å². The zero-order valence-corrected chi connectivity index (χ0v) is 7.27. The number of nitrogens with zero attached hydrogens (tertiary/aromatic N) is 1. The van der Waals surface area contributed by atoms with Crippen molar-refractivity contribution in [3.8, 4) is 11.8 Å². The molecule has 0 aliphatic carbocycles. The first-order chi connectivity index (χ1) is 6.63. The number of amides is 1. The van der Waals surface area contributed by atoms with Gasteiger partial charge in [0.05, 0.1) is 0 Å². The summed E-state index contributed by atoms with van der Waals surface area (Å²) in [6, 6.07) is 7.86. The number of nitrogens with two attached hydrogens (primary N) is 1. The van der Waals surface area contributed by atoms with Crippen LogP contribution in [0.4, 0.5) is 0 Å². The standard InChI is InChI=1S/C10H8N2O2/c11-6-8(10(12)14)4-7-2-1-3-9(13)5-7/h1-5,13H,(H2,12,14)/b8-4-. The molecule has 0 spiro atoms. The van der Waals surface area contributed by atoms with Gasteiger partial charge >= 0.3 is 0 Å². The molecule has 1 aromatic rings. The fraction of sp³-hybridized carbons (Fsp3) is 0. The van der Waals surface area contributed by atoms with Gasteiger partial charge < -0.3 is 10.8 Å². The van der Waals surface area contributed by atoms with Crippen LogP contribution in [0.2, 0.25) is 0 Å². The maximum absolute atomic E-state index is 10.7. The van der Waals surface area contributed by atoms with Crippen LogP contribution in [0.15, 0.2) is 29.8 Å². The number of phenolic OH excluding ortho intramolecular Hbond substituents is 1. The van der Waals surface area contributed by atoms with Crippen molar-refractivity contribution in [2.24, 2.45) is 5.73 Å². The first-order valence-corrected chi connectivity index (χ1v) is 3.84. The summed E-state index contributed by atoms with van der Waals surface area (Å²) >= 11 is 0. The van der Waals surface area contributed by atoms with E-state index in [1.54, 1.807) is 18.2 Å². The van der Waals surface area contributed by atoms with E-state index in [1.807, 2.05) is 0 Å². The van der Waals surface area contributed by atoms with E-state index in [1.165, 1.54) is 18.2 Å². The van der Waals surface area contributed by atoms with Crippen LogP contribution >= 0.6 is 0 Å². The van der Waals surface area contributed by atoms with Crippen molar-refractivity contribution >= 4 is 12.0 Å². The molecule has 4 nitrogen and oxygen atoms in total. The summed E-state index contributed by atoms with van der Waals surface area (Å²) in [7, 11) is 0. The van der Waals surface area contributed by atoms with E-state index in [9.17, 15) is 4.79 Å². The summed E-state index contributed by atoms with van der Waals surface area (Å²) in [6.07, 6.45) is 1.32. The van der Waals surface area contributed by atoms with E-state index in [-0.39, 0.29) is 11.3 Å². The smallest absolute Gasteiger partial charge is 0.259 e. The number of nitriles is 1. The number of benzene rings is 1. The molecule has 0 atom stereocenters. The fourth-order valence-electron chi connectivity index (χ4n) is 0.940. The quantitative estimate of drug-likeness (QED) is 0.531. The van der Waals surface area contributed by atoms with Crippen molar-refractivity contribution in [1.82, 2.24) is 0 Å². The third-order valence-electron chi connectivity index (χ3n) is 1.57. The minimum absolute atomic E-state index is 0.0699. The van der Waals surface area contributed by atoms with Crippen molar-refractivity contribution in [2.75, 3.05) is 0 Å². The number of phenols is 1. The topological polar surface area (TPSA) is 87.1 Å². The molecule has 0 saturated carbocycles. The molecule has 70 valence electrons. The summed E-state index contributed by atoms with van der Waals surface area (Å²) < 4.78 is 0. The lowest BCUT2D eigenvalue weighted by Gasteiger charge is -1.95. The van der Waals surface area contributed by atoms with E-state index in [2.05, 4.69) is 0 Å². The molecule has 0 saturated heterocycles. The number of hydrogen-bond acceptors (Lipinski definition) is 3. The second-order valence-corrected chi connectivity index (χ2v) is 2.63. The number of aromatic hydroxyl groups is 1. The van der Waals surface area contributed by atoms with Crippen LogP contribution in [0.1, 0.15) is 5.56 Å². The Morgan fingerprint density at radius 2 is 2.29 bits per heavy atom. The lowest BCUT2D eigenvalue weighted by Crippen LogP contribution is -2.12. The Balaban J connectivity index is 3.08. The molecule has 0 radical (unpaired) electrons. The van der Waals surface area contributed by atoms with Gasteiger partial charge in [-0.25, -0.2) is 0 Å². The first kappa shape index (κ1) is 9.81. The highest BCUT2D eigenvalue weighted by Gasteiger charge is 2.02. The highest BCUT2D eigenvalue weighted by molar-refractivity contribution is 6.00. The molecule has 1 rings (SSSR count). The van der Waals surface area contributed by atoms with Crippen LogP contribution in [-0.4, -0.2) is 11.0 Å². The second kappa shape index (κ2) is 4.10. The Morgan fingerprint density at radius 1 is 1.57 bits per heavy atom. The Hall–Kier alpha value is -2.28. The van der Waals surface area contributed by atoms with Gasteiger partial charge in [0.15, 0.2) is 0 Å². The lowest BCUT2D eigenvalue weighted by atomic mass is 10.1. The van der Waals surface area contributed by atoms with Gasteiger partial charge in [0, 0.05) is 0 Å². The SMILES string of the molecule is N#C/C(=C/c1cccc(O)c1)C(N)=O. The summed E-state index contributed by atoms with van der Waals surface area (Å²) in [4.78, 5) is 10.7. The van der Waals surface area contributed by atoms with Crippen LogP contribution in [-0.2, 0) is 4.79 Å². The van der Waals surface area contributed by atoms with Gasteiger partial charge in [0.2, 0.25) is 0 Å². The lowest BCUT2D eigenvalue weighted by molar-refractivity contribution is -0.114. The number of rotatable bonds is 2. The van der Waals surface area contributed by atoms with Crippen LogP contribution in [0.25, 0.3) is 6.08 Å². The van der Waals surface area contributed by atoms with Gasteiger partial charge in [-0.3, -0.25) is 4.79 Å². The van der Waals surface area contributed by atoms with Crippen molar-refractivity contribution in [1.29, 1.82) is 5.26 Å². The summed E-state index contributed by atoms with van der Waals surface area (Å²) in [5.74, 6) is -0.712. The molecular weight excluding hydrogens is 180 g/mol.